The van der Waals surface area contributed by atoms with Gasteiger partial charge in [-0.3, -0.25) is 9.20 Å². The van der Waals surface area contributed by atoms with Crippen LogP contribution in [0.4, 0.5) is 0 Å². The number of hydrogen-bond donors (Lipinski definition) is 0. The van der Waals surface area contributed by atoms with E-state index in [0.29, 0.717) is 11.4 Å². The van der Waals surface area contributed by atoms with Gasteiger partial charge in [0.1, 0.15) is 11.4 Å². The molecule has 0 atom stereocenters. The first-order chi connectivity index (χ1) is 15.6. The van der Waals surface area contributed by atoms with Crippen LogP contribution in [0.5, 0.6) is 5.75 Å². The maximum Gasteiger partial charge on any atom is 0.258 e. The number of fused-ring (bicyclic) bond motifs is 2. The highest BCUT2D eigenvalue weighted by Gasteiger charge is 2.11. The van der Waals surface area contributed by atoms with E-state index in [1.54, 1.807) is 35.5 Å². The van der Waals surface area contributed by atoms with Gasteiger partial charge in [0.05, 0.1) is 23.3 Å². The Morgan fingerprint density at radius 1 is 0.969 bits per heavy atom. The van der Waals surface area contributed by atoms with Gasteiger partial charge in [-0.05, 0) is 53.9 Å². The number of pyridine rings is 2. The van der Waals surface area contributed by atoms with Crippen LogP contribution in [0.15, 0.2) is 88.8 Å². The van der Waals surface area contributed by atoms with Crippen LogP contribution in [-0.4, -0.2) is 21.5 Å². The average Bonchev–Trinajstić information content (AvgIpc) is 2.82. The van der Waals surface area contributed by atoms with Gasteiger partial charge in [-0.2, -0.15) is 0 Å². The maximum atomic E-state index is 12.5. The van der Waals surface area contributed by atoms with Crippen molar-refractivity contribution in [3.8, 4) is 16.9 Å². The van der Waals surface area contributed by atoms with E-state index in [4.69, 9.17) is 9.72 Å². The Bertz CT molecular complexity index is 1500. The van der Waals surface area contributed by atoms with Crippen LogP contribution in [0.1, 0.15) is 11.3 Å². The van der Waals surface area contributed by atoms with E-state index in [-0.39, 0.29) is 5.56 Å². The minimum atomic E-state index is -0.0771. The van der Waals surface area contributed by atoms with Gasteiger partial charge in [-0.15, -0.1) is 0 Å². The summed E-state index contributed by atoms with van der Waals surface area (Å²) in [4.78, 5) is 22.0. The predicted octanol–water partition coefficient (Wildman–Crippen LogP) is 5.52. The van der Waals surface area contributed by atoms with Crippen molar-refractivity contribution in [1.82, 2.24) is 14.4 Å². The highest BCUT2D eigenvalue weighted by Crippen LogP contribution is 2.34. The first-order valence-electron chi connectivity index (χ1n) is 10.3. The second-order valence-electron chi connectivity index (χ2n) is 7.56. The van der Waals surface area contributed by atoms with E-state index in [2.05, 4.69) is 23.2 Å². The molecule has 5 rings (SSSR count). The Morgan fingerprint density at radius 3 is 2.62 bits per heavy atom. The molecule has 5 nitrogen and oxygen atoms in total. The largest absolute Gasteiger partial charge is 0.497 e. The van der Waals surface area contributed by atoms with Gasteiger partial charge in [-0.1, -0.05) is 42.1 Å². The summed E-state index contributed by atoms with van der Waals surface area (Å²) in [6.07, 6.45) is 1.77. The van der Waals surface area contributed by atoms with Crippen LogP contribution in [0.3, 0.4) is 0 Å². The smallest absolute Gasteiger partial charge is 0.258 e. The molecule has 0 unspecified atom stereocenters. The van der Waals surface area contributed by atoms with E-state index in [1.807, 2.05) is 55.5 Å². The molecule has 5 aromatic rings. The topological polar surface area (TPSA) is 56.5 Å². The van der Waals surface area contributed by atoms with E-state index in [9.17, 15) is 4.79 Å². The molecule has 0 fully saturated rings. The third-order valence-corrected chi connectivity index (χ3v) is 6.27. The van der Waals surface area contributed by atoms with Gasteiger partial charge >= 0.3 is 0 Å². The molecular formula is C26H21N3O2S. The summed E-state index contributed by atoms with van der Waals surface area (Å²) in [6.45, 7) is 1.99. The van der Waals surface area contributed by atoms with Gasteiger partial charge in [0.25, 0.3) is 5.56 Å². The number of hydrogen-bond acceptors (Lipinski definition) is 5. The fraction of sp³-hybridized carbons (Fsp3) is 0.115. The number of aryl methyl sites for hydroxylation is 1. The lowest BCUT2D eigenvalue weighted by atomic mass is 10.0. The van der Waals surface area contributed by atoms with Crippen LogP contribution in [0.25, 0.3) is 27.7 Å². The molecule has 32 heavy (non-hydrogen) atoms. The van der Waals surface area contributed by atoms with Crippen LogP contribution in [0, 0.1) is 6.92 Å². The molecule has 0 aliphatic carbocycles. The average molecular weight is 440 g/mol. The number of ether oxygens (including phenoxy) is 1. The molecule has 2 aromatic carbocycles. The van der Waals surface area contributed by atoms with E-state index >= 15 is 0 Å². The standard InChI is InChI=1S/C26H21N3O2S/c1-17-10-11-29-24(12-17)27-19(13-26(29)30)16-32-25-15-22(18-6-4-3-5-7-18)21-9-8-20(31-2)14-23(21)28-25/h3-15H,16H2,1-2H3. The molecule has 0 radical (unpaired) electrons. The van der Waals surface area contributed by atoms with Crippen molar-refractivity contribution in [3.63, 3.8) is 0 Å². The number of benzene rings is 2. The zero-order valence-corrected chi connectivity index (χ0v) is 18.6. The first-order valence-corrected chi connectivity index (χ1v) is 11.3. The van der Waals surface area contributed by atoms with Crippen molar-refractivity contribution < 1.29 is 4.74 Å². The zero-order valence-electron chi connectivity index (χ0n) is 17.8. The maximum absolute atomic E-state index is 12.5. The lowest BCUT2D eigenvalue weighted by molar-refractivity contribution is 0.415. The number of thioether (sulfide) groups is 1. The highest BCUT2D eigenvalue weighted by atomic mass is 32.2. The summed E-state index contributed by atoms with van der Waals surface area (Å²) in [7, 11) is 1.66. The third kappa shape index (κ3) is 3.97. The Labute approximate surface area is 189 Å². The van der Waals surface area contributed by atoms with Crippen LogP contribution in [-0.2, 0) is 5.75 Å². The molecule has 0 N–H and O–H groups in total. The summed E-state index contributed by atoms with van der Waals surface area (Å²) in [6, 6.07) is 23.8. The number of methoxy groups -OCH3 is 1. The summed E-state index contributed by atoms with van der Waals surface area (Å²) in [5, 5.41) is 1.94. The fourth-order valence-corrected chi connectivity index (χ4v) is 4.52. The number of aromatic nitrogens is 3. The molecule has 0 saturated carbocycles. The van der Waals surface area contributed by atoms with E-state index < -0.39 is 0 Å². The molecule has 158 valence electrons. The fourth-order valence-electron chi connectivity index (χ4n) is 3.72. The quantitative estimate of drug-likeness (QED) is 0.338. The summed E-state index contributed by atoms with van der Waals surface area (Å²) in [5.74, 6) is 1.32. The Hall–Kier alpha value is -3.64. The molecule has 0 saturated heterocycles. The van der Waals surface area contributed by atoms with Crippen LogP contribution >= 0.6 is 11.8 Å². The summed E-state index contributed by atoms with van der Waals surface area (Å²) >= 11 is 1.57. The minimum absolute atomic E-state index is 0.0771. The first kappa shape index (κ1) is 20.3. The van der Waals surface area contributed by atoms with Gasteiger partial charge in [0, 0.05) is 29.5 Å². The van der Waals surface area contributed by atoms with Gasteiger partial charge in [0.15, 0.2) is 0 Å². The summed E-state index contributed by atoms with van der Waals surface area (Å²) < 4.78 is 6.97. The van der Waals surface area contributed by atoms with Gasteiger partial charge < -0.3 is 4.74 Å². The normalized spacial score (nSPS) is 11.2. The second kappa shape index (κ2) is 8.48. The van der Waals surface area contributed by atoms with E-state index in [0.717, 1.165) is 44.1 Å². The molecule has 0 spiro atoms. The van der Waals surface area contributed by atoms with Crippen LogP contribution < -0.4 is 10.3 Å². The van der Waals surface area contributed by atoms with Gasteiger partial charge in [0.2, 0.25) is 0 Å². The van der Waals surface area contributed by atoms with Crippen molar-refractivity contribution in [1.29, 1.82) is 0 Å². The molecular weight excluding hydrogens is 418 g/mol. The van der Waals surface area contributed by atoms with Gasteiger partial charge in [-0.25, -0.2) is 9.97 Å². The van der Waals surface area contributed by atoms with Crippen LogP contribution in [0.2, 0.25) is 0 Å². The number of nitrogens with zero attached hydrogens (tertiary/aromatic N) is 3. The molecule has 0 aliphatic rings. The SMILES string of the molecule is COc1ccc2c(-c3ccccc3)cc(SCc3cc(=O)n4ccc(C)cc4n3)nc2c1. The molecule has 0 bridgehead atoms. The molecule has 0 aliphatic heterocycles. The Kier molecular flexibility index (Phi) is 5.37. The third-order valence-electron chi connectivity index (χ3n) is 5.32. The van der Waals surface area contributed by atoms with Crippen molar-refractivity contribution in [3.05, 3.63) is 101 Å². The van der Waals surface area contributed by atoms with Crippen molar-refractivity contribution >= 4 is 28.3 Å². The molecule has 3 heterocycles. The molecule has 3 aromatic heterocycles. The van der Waals surface area contributed by atoms with Crippen molar-refractivity contribution in [2.75, 3.05) is 7.11 Å². The zero-order chi connectivity index (χ0) is 22.1. The molecule has 0 amide bonds. The predicted molar refractivity (Wildman–Crippen MR) is 129 cm³/mol. The number of rotatable bonds is 5. The molecule has 6 heteroatoms. The van der Waals surface area contributed by atoms with E-state index in [1.165, 1.54) is 0 Å². The van der Waals surface area contributed by atoms with Crippen molar-refractivity contribution in [2.45, 2.75) is 17.7 Å². The summed E-state index contributed by atoms with van der Waals surface area (Å²) in [5.41, 5.74) is 5.50. The Balaban J connectivity index is 1.54. The highest BCUT2D eigenvalue weighted by molar-refractivity contribution is 7.98. The Morgan fingerprint density at radius 2 is 1.81 bits per heavy atom. The minimum Gasteiger partial charge on any atom is -0.497 e. The lowest BCUT2D eigenvalue weighted by Gasteiger charge is -2.11. The lowest BCUT2D eigenvalue weighted by Crippen LogP contribution is -2.15. The monoisotopic (exact) mass is 439 g/mol. The second-order valence-corrected chi connectivity index (χ2v) is 8.56. The van der Waals surface area contributed by atoms with Crippen molar-refractivity contribution in [2.24, 2.45) is 0 Å².